The second-order valence-electron chi connectivity index (χ2n) is 9.38. The van der Waals surface area contributed by atoms with Gasteiger partial charge in [-0.05, 0) is 36.4 Å². The highest BCUT2D eigenvalue weighted by molar-refractivity contribution is 5.94. The zero-order chi connectivity index (χ0) is 25.3. The fourth-order valence-corrected chi connectivity index (χ4v) is 5.63. The van der Waals surface area contributed by atoms with Gasteiger partial charge >= 0.3 is 0 Å². The molecule has 4 rings (SSSR count). The Balaban J connectivity index is 1.64. The number of methoxy groups -OCH3 is 1. The van der Waals surface area contributed by atoms with E-state index in [1.807, 2.05) is 19.1 Å². The second-order valence-corrected chi connectivity index (χ2v) is 9.38. The smallest absolute Gasteiger partial charge is 0.258 e. The predicted molar refractivity (Wildman–Crippen MR) is 132 cm³/mol. The maximum Gasteiger partial charge on any atom is 0.258 e. The molecule has 2 aliphatic rings. The molecule has 1 saturated heterocycles. The van der Waals surface area contributed by atoms with Crippen LogP contribution in [0.5, 0.6) is 0 Å². The molecule has 1 aromatic carbocycles. The highest BCUT2D eigenvalue weighted by Crippen LogP contribution is 2.49. The van der Waals surface area contributed by atoms with Crippen molar-refractivity contribution in [3.05, 3.63) is 58.0 Å². The Morgan fingerprint density at radius 2 is 1.89 bits per heavy atom. The third-order valence-corrected chi connectivity index (χ3v) is 7.28. The average Bonchev–Trinajstić information content (AvgIpc) is 3.38. The maximum absolute atomic E-state index is 13.5. The first-order valence-electron chi connectivity index (χ1n) is 12.0. The first-order chi connectivity index (χ1) is 16.8. The summed E-state index contributed by atoms with van der Waals surface area (Å²) in [5, 5.41) is 13.2. The first-order valence-corrected chi connectivity index (χ1v) is 12.0. The number of aromatic nitrogens is 1. The summed E-state index contributed by atoms with van der Waals surface area (Å²) in [6.07, 6.45) is 0. The van der Waals surface area contributed by atoms with Gasteiger partial charge in [0.05, 0.1) is 18.7 Å². The summed E-state index contributed by atoms with van der Waals surface area (Å²) in [6.45, 7) is 3.78. The second kappa shape index (κ2) is 10.3. The van der Waals surface area contributed by atoms with E-state index in [0.29, 0.717) is 37.4 Å². The van der Waals surface area contributed by atoms with E-state index in [1.165, 1.54) is 4.90 Å². The number of nitrogens with one attached hydrogen (secondary N) is 1. The Hall–Kier alpha value is -3.01. The third-order valence-electron chi connectivity index (χ3n) is 7.28. The van der Waals surface area contributed by atoms with Crippen LogP contribution in [0.3, 0.4) is 0 Å². The topological polar surface area (TPSA) is 104 Å². The van der Waals surface area contributed by atoms with Gasteiger partial charge < -0.3 is 24.6 Å². The van der Waals surface area contributed by atoms with E-state index < -0.39 is 6.04 Å². The molecule has 9 heteroatoms. The van der Waals surface area contributed by atoms with Gasteiger partial charge in [-0.15, -0.1) is 0 Å². The molecule has 0 unspecified atom stereocenters. The Kier molecular flexibility index (Phi) is 7.39. The summed E-state index contributed by atoms with van der Waals surface area (Å²) in [5.41, 5.74) is 2.65. The van der Waals surface area contributed by atoms with Crippen molar-refractivity contribution < 1.29 is 19.4 Å². The Morgan fingerprint density at radius 1 is 1.17 bits per heavy atom. The van der Waals surface area contributed by atoms with Crippen LogP contribution in [0.25, 0.3) is 11.1 Å². The van der Waals surface area contributed by atoms with Crippen LogP contribution < -0.4 is 10.9 Å². The van der Waals surface area contributed by atoms with Crippen LogP contribution in [0.1, 0.15) is 29.0 Å². The molecule has 35 heavy (non-hydrogen) atoms. The number of likely N-dealkylation sites (tertiary alicyclic amines) is 1. The van der Waals surface area contributed by atoms with Crippen molar-refractivity contribution in [2.24, 2.45) is 11.8 Å². The molecular formula is C26H34N4O5. The quantitative estimate of drug-likeness (QED) is 0.544. The molecule has 2 aromatic rings. The number of aliphatic hydroxyl groups is 1. The lowest BCUT2D eigenvalue weighted by atomic mass is 9.88. The highest BCUT2D eigenvalue weighted by Gasteiger charge is 2.54. The minimum Gasteiger partial charge on any atom is -0.396 e. The van der Waals surface area contributed by atoms with Crippen molar-refractivity contribution in [1.29, 1.82) is 0 Å². The van der Waals surface area contributed by atoms with E-state index in [-0.39, 0.29) is 41.9 Å². The van der Waals surface area contributed by atoms with Crippen LogP contribution in [-0.4, -0.2) is 84.8 Å². The Bertz CT molecular complexity index is 1140. The fraction of sp³-hybridized carbons (Fsp3) is 0.500. The molecule has 1 aromatic heterocycles. The predicted octanol–water partition coefficient (Wildman–Crippen LogP) is 0.963. The van der Waals surface area contributed by atoms with Gasteiger partial charge in [0.1, 0.15) is 0 Å². The number of rotatable bonds is 8. The van der Waals surface area contributed by atoms with Crippen LogP contribution in [0.15, 0.2) is 41.2 Å². The SMILES string of the molecule is CCN1[C@@H]2c3ccc(-c4ccc(C(=O)N(C)C)cc4)c(=O)n3C[C@@H]2[C@@H](CO)[C@@H]1C(=O)NCCOC. The number of aliphatic hydroxyl groups excluding tert-OH is 1. The molecule has 3 heterocycles. The third kappa shape index (κ3) is 4.39. The van der Waals surface area contributed by atoms with Gasteiger partial charge in [0.2, 0.25) is 5.91 Å². The summed E-state index contributed by atoms with van der Waals surface area (Å²) >= 11 is 0. The molecular weight excluding hydrogens is 448 g/mol. The maximum atomic E-state index is 13.5. The van der Waals surface area contributed by atoms with E-state index >= 15 is 0 Å². The van der Waals surface area contributed by atoms with Gasteiger partial charge in [0.25, 0.3) is 11.5 Å². The summed E-state index contributed by atoms with van der Waals surface area (Å²) in [5.74, 6) is -0.525. The summed E-state index contributed by atoms with van der Waals surface area (Å²) in [6, 6.07) is 10.3. The van der Waals surface area contributed by atoms with Gasteiger partial charge in [-0.3, -0.25) is 19.3 Å². The number of hydrogen-bond donors (Lipinski definition) is 2. The van der Waals surface area contributed by atoms with Crippen molar-refractivity contribution in [2.45, 2.75) is 25.6 Å². The minimum atomic E-state index is -0.456. The number of hydrogen-bond acceptors (Lipinski definition) is 6. The van der Waals surface area contributed by atoms with E-state index in [2.05, 4.69) is 10.2 Å². The number of nitrogens with zero attached hydrogens (tertiary/aromatic N) is 3. The lowest BCUT2D eigenvalue weighted by Gasteiger charge is -2.29. The largest absolute Gasteiger partial charge is 0.396 e. The molecule has 0 bridgehead atoms. The average molecular weight is 483 g/mol. The fourth-order valence-electron chi connectivity index (χ4n) is 5.63. The first kappa shape index (κ1) is 25.1. The van der Waals surface area contributed by atoms with Crippen LogP contribution in [0.4, 0.5) is 0 Å². The molecule has 0 spiro atoms. The van der Waals surface area contributed by atoms with E-state index in [1.54, 1.807) is 50.0 Å². The molecule has 1 fully saturated rings. The zero-order valence-electron chi connectivity index (χ0n) is 20.7. The summed E-state index contributed by atoms with van der Waals surface area (Å²) in [7, 11) is 4.99. The molecule has 9 nitrogen and oxygen atoms in total. The lowest BCUT2D eigenvalue weighted by molar-refractivity contribution is -0.127. The summed E-state index contributed by atoms with van der Waals surface area (Å²) in [4.78, 5) is 42.3. The van der Waals surface area contributed by atoms with Crippen LogP contribution >= 0.6 is 0 Å². The van der Waals surface area contributed by atoms with E-state index in [0.717, 1.165) is 11.3 Å². The number of ether oxygens (including phenoxy) is 1. The number of pyridine rings is 1. The highest BCUT2D eigenvalue weighted by atomic mass is 16.5. The van der Waals surface area contributed by atoms with Crippen molar-refractivity contribution in [2.75, 3.05) is 47.5 Å². The van der Waals surface area contributed by atoms with Gasteiger partial charge in [-0.25, -0.2) is 0 Å². The Labute approximate surface area is 205 Å². The van der Waals surface area contributed by atoms with Gasteiger partial charge in [0.15, 0.2) is 0 Å². The molecule has 2 N–H and O–H groups in total. The monoisotopic (exact) mass is 482 g/mol. The van der Waals surface area contributed by atoms with Gasteiger partial charge in [-0.1, -0.05) is 19.1 Å². The van der Waals surface area contributed by atoms with E-state index in [4.69, 9.17) is 4.74 Å². The molecule has 0 radical (unpaired) electrons. The van der Waals surface area contributed by atoms with E-state index in [9.17, 15) is 19.5 Å². The number of benzene rings is 1. The normalized spacial score (nSPS) is 23.1. The number of amides is 2. The van der Waals surface area contributed by atoms with Crippen LogP contribution in [0.2, 0.25) is 0 Å². The van der Waals surface area contributed by atoms with Crippen molar-refractivity contribution in [3.63, 3.8) is 0 Å². The number of carbonyl (C=O) groups excluding carboxylic acids is 2. The van der Waals surface area contributed by atoms with Gasteiger partial charge in [0, 0.05) is 69.6 Å². The number of carbonyl (C=O) groups is 2. The van der Waals surface area contributed by atoms with Crippen LogP contribution in [0, 0.1) is 11.8 Å². The lowest BCUT2D eigenvalue weighted by Crippen LogP contribution is -2.48. The zero-order valence-corrected chi connectivity index (χ0v) is 20.7. The van der Waals surface area contributed by atoms with Gasteiger partial charge in [-0.2, -0.15) is 0 Å². The molecule has 0 saturated carbocycles. The molecule has 0 aliphatic carbocycles. The van der Waals surface area contributed by atoms with Crippen molar-refractivity contribution in [3.8, 4) is 11.1 Å². The van der Waals surface area contributed by atoms with Crippen molar-refractivity contribution >= 4 is 11.8 Å². The molecule has 188 valence electrons. The number of likely N-dealkylation sites (N-methyl/N-ethyl adjacent to an activating group) is 1. The number of fused-ring (bicyclic) bond motifs is 3. The molecule has 4 atom stereocenters. The standard InChI is InChI=1S/C26H34N4O5/c1-5-29-22-19(20(15-31)23(29)24(32)27-12-13-35-4)14-30-21(22)11-10-18(26(30)34)16-6-8-17(9-7-16)25(33)28(2)3/h6-11,19-20,22-23,31H,5,12-15H2,1-4H3,(H,27,32)/t19-,20-,22+,23-/m1/s1. The Morgan fingerprint density at radius 3 is 2.49 bits per heavy atom. The molecule has 2 amide bonds. The van der Waals surface area contributed by atoms with Crippen LogP contribution in [-0.2, 0) is 16.1 Å². The van der Waals surface area contributed by atoms with Crippen molar-refractivity contribution in [1.82, 2.24) is 19.7 Å². The molecule has 2 aliphatic heterocycles. The minimum absolute atomic E-state index is 0.0406. The summed E-state index contributed by atoms with van der Waals surface area (Å²) < 4.78 is 6.82.